The van der Waals surface area contributed by atoms with Gasteiger partial charge in [-0.05, 0) is 0 Å². The van der Waals surface area contributed by atoms with E-state index in [1.807, 2.05) is 0 Å². The van der Waals surface area contributed by atoms with E-state index in [2.05, 4.69) is 16.1 Å². The van der Waals surface area contributed by atoms with Crippen LogP contribution in [0.3, 0.4) is 0 Å². The number of ether oxygens (including phenoxy) is 2. The number of carbonyl (C=O) groups is 1. The van der Waals surface area contributed by atoms with Gasteiger partial charge in [0.05, 0.1) is 0 Å². The predicted molar refractivity (Wildman–Crippen MR) is 30.3 cm³/mol. The van der Waals surface area contributed by atoms with Crippen LogP contribution in [0.4, 0.5) is 0 Å². The molecule has 0 aromatic rings. The third-order valence-electron chi connectivity index (χ3n) is 0.808. The minimum Gasteiger partial charge on any atom is -0.459 e. The molecule has 3 heteroatoms. The molecule has 1 aliphatic heterocycles. The molecule has 0 radical (unpaired) electrons. The lowest BCUT2D eigenvalue weighted by Gasteiger charge is -1.92. The second-order valence-electron chi connectivity index (χ2n) is 1.51. The molecule has 0 bridgehead atoms. The van der Waals surface area contributed by atoms with E-state index in [1.54, 1.807) is 0 Å². The normalized spacial score (nSPS) is 13.1. The minimum absolute atomic E-state index is 0.227. The monoisotopic (exact) mass is 126 g/mol. The van der Waals surface area contributed by atoms with Crippen molar-refractivity contribution in [2.75, 3.05) is 6.61 Å². The number of esters is 1. The summed E-state index contributed by atoms with van der Waals surface area (Å²) in [5, 5.41) is 0. The molecule has 0 atom stereocenters. The standard InChI is InChI=1S/C6H6O3/c1-2-6(7)9-4-5-3-8-5/h2-3H,1,4H2. The molecular weight excluding hydrogens is 120 g/mol. The molecule has 0 unspecified atom stereocenters. The van der Waals surface area contributed by atoms with Crippen LogP contribution in [-0.2, 0) is 14.3 Å². The summed E-state index contributed by atoms with van der Waals surface area (Å²) in [5.41, 5.74) is 0. The molecule has 0 saturated carbocycles. The Kier molecular flexibility index (Phi) is 1.53. The summed E-state index contributed by atoms with van der Waals surface area (Å²) in [4.78, 5) is 10.3. The van der Waals surface area contributed by atoms with Crippen LogP contribution in [0.25, 0.3) is 0 Å². The molecular formula is C6H6O3. The Morgan fingerprint density at radius 3 is 3.11 bits per heavy atom. The fourth-order valence-corrected chi connectivity index (χ4v) is 0.311. The maximum atomic E-state index is 10.3. The van der Waals surface area contributed by atoms with E-state index in [0.717, 1.165) is 6.08 Å². The van der Waals surface area contributed by atoms with E-state index in [0.29, 0.717) is 5.76 Å². The van der Waals surface area contributed by atoms with Gasteiger partial charge in [0.1, 0.15) is 6.26 Å². The highest BCUT2D eigenvalue weighted by Crippen LogP contribution is 2.12. The number of carbonyl (C=O) groups excluding carboxylic acids is 1. The fraction of sp³-hybridized carbons (Fsp3) is 0.167. The second kappa shape index (κ2) is 2.35. The van der Waals surface area contributed by atoms with Crippen molar-refractivity contribution in [1.29, 1.82) is 0 Å². The maximum absolute atomic E-state index is 10.3. The largest absolute Gasteiger partial charge is 0.459 e. The summed E-state index contributed by atoms with van der Waals surface area (Å²) in [5.74, 6) is 0.275. The predicted octanol–water partition coefficient (Wildman–Crippen LogP) is 0.587. The number of rotatable bonds is 3. The van der Waals surface area contributed by atoms with E-state index in [-0.39, 0.29) is 6.61 Å². The van der Waals surface area contributed by atoms with Crippen molar-refractivity contribution in [1.82, 2.24) is 0 Å². The summed E-state index contributed by atoms with van der Waals surface area (Å²) in [6.07, 6.45) is 2.64. The first-order chi connectivity index (χ1) is 4.33. The molecule has 0 amide bonds. The van der Waals surface area contributed by atoms with Crippen molar-refractivity contribution in [2.45, 2.75) is 0 Å². The lowest BCUT2D eigenvalue weighted by molar-refractivity contribution is -0.137. The Balaban J connectivity index is 2.10. The van der Waals surface area contributed by atoms with E-state index >= 15 is 0 Å². The molecule has 0 aliphatic carbocycles. The molecule has 1 aliphatic rings. The van der Waals surface area contributed by atoms with Gasteiger partial charge >= 0.3 is 5.97 Å². The van der Waals surface area contributed by atoms with Crippen LogP contribution in [0, 0.1) is 0 Å². The summed E-state index contributed by atoms with van der Waals surface area (Å²) >= 11 is 0. The van der Waals surface area contributed by atoms with Crippen LogP contribution >= 0.6 is 0 Å². The molecule has 1 heterocycles. The van der Waals surface area contributed by atoms with E-state index in [4.69, 9.17) is 0 Å². The van der Waals surface area contributed by atoms with E-state index in [1.165, 1.54) is 6.26 Å². The van der Waals surface area contributed by atoms with E-state index in [9.17, 15) is 4.79 Å². The Morgan fingerprint density at radius 1 is 2.00 bits per heavy atom. The smallest absolute Gasteiger partial charge is 0.330 e. The Morgan fingerprint density at radius 2 is 2.67 bits per heavy atom. The highest BCUT2D eigenvalue weighted by molar-refractivity contribution is 5.81. The SMILES string of the molecule is C=CC(=O)OCC1=CO1. The lowest BCUT2D eigenvalue weighted by atomic mass is 10.6. The molecule has 3 nitrogen and oxygen atoms in total. The van der Waals surface area contributed by atoms with Gasteiger partial charge in [0.2, 0.25) is 0 Å². The van der Waals surface area contributed by atoms with Crippen molar-refractivity contribution in [3.8, 4) is 0 Å². The molecule has 0 aromatic carbocycles. The topological polar surface area (TPSA) is 38.8 Å². The molecule has 0 saturated heterocycles. The third kappa shape index (κ3) is 1.99. The molecule has 1 rings (SSSR count). The first-order valence-corrected chi connectivity index (χ1v) is 2.48. The lowest BCUT2D eigenvalue weighted by Crippen LogP contribution is -2.00. The van der Waals surface area contributed by atoms with Gasteiger partial charge in [-0.25, -0.2) is 4.79 Å². The third-order valence-corrected chi connectivity index (χ3v) is 0.808. The first-order valence-electron chi connectivity index (χ1n) is 2.48. The molecule has 0 N–H and O–H groups in total. The van der Waals surface area contributed by atoms with Crippen LogP contribution in [0.15, 0.2) is 24.7 Å². The van der Waals surface area contributed by atoms with Crippen molar-refractivity contribution >= 4 is 5.97 Å². The van der Waals surface area contributed by atoms with Gasteiger partial charge < -0.3 is 9.47 Å². The Hall–Kier alpha value is -1.25. The highest BCUT2D eigenvalue weighted by atomic mass is 16.6. The zero-order chi connectivity index (χ0) is 6.69. The van der Waals surface area contributed by atoms with Crippen LogP contribution < -0.4 is 0 Å². The van der Waals surface area contributed by atoms with Crippen LogP contribution in [-0.4, -0.2) is 12.6 Å². The van der Waals surface area contributed by atoms with Gasteiger partial charge in [0.25, 0.3) is 0 Å². The molecule has 48 valence electrons. The summed E-state index contributed by atoms with van der Waals surface area (Å²) < 4.78 is 9.15. The zero-order valence-corrected chi connectivity index (χ0v) is 4.79. The highest BCUT2D eigenvalue weighted by Gasteiger charge is 2.10. The van der Waals surface area contributed by atoms with Crippen molar-refractivity contribution in [3.05, 3.63) is 24.7 Å². The average Bonchev–Trinajstić information content (AvgIpc) is 2.65. The second-order valence-corrected chi connectivity index (χ2v) is 1.51. The average molecular weight is 126 g/mol. The Labute approximate surface area is 52.6 Å². The van der Waals surface area contributed by atoms with Crippen LogP contribution in [0.5, 0.6) is 0 Å². The van der Waals surface area contributed by atoms with Gasteiger partial charge in [-0.2, -0.15) is 0 Å². The van der Waals surface area contributed by atoms with Crippen molar-refractivity contribution in [2.24, 2.45) is 0 Å². The zero-order valence-electron chi connectivity index (χ0n) is 4.79. The van der Waals surface area contributed by atoms with Gasteiger partial charge in [-0.3, -0.25) is 0 Å². The van der Waals surface area contributed by atoms with E-state index < -0.39 is 5.97 Å². The minimum atomic E-state index is -0.425. The van der Waals surface area contributed by atoms with Gasteiger partial charge in [0.15, 0.2) is 12.4 Å². The Bertz CT molecular complexity index is 169. The van der Waals surface area contributed by atoms with Crippen LogP contribution in [0.1, 0.15) is 0 Å². The molecule has 0 aromatic heterocycles. The van der Waals surface area contributed by atoms with Gasteiger partial charge in [0, 0.05) is 6.08 Å². The maximum Gasteiger partial charge on any atom is 0.330 e. The fourth-order valence-electron chi connectivity index (χ4n) is 0.311. The molecule has 0 spiro atoms. The number of hydrogen-bond donors (Lipinski definition) is 0. The van der Waals surface area contributed by atoms with Crippen molar-refractivity contribution in [3.63, 3.8) is 0 Å². The quantitative estimate of drug-likeness (QED) is 0.410. The first kappa shape index (κ1) is 5.88. The summed E-state index contributed by atoms with van der Waals surface area (Å²) in [6.45, 7) is 3.45. The molecule has 9 heavy (non-hydrogen) atoms. The number of hydrogen-bond acceptors (Lipinski definition) is 3. The van der Waals surface area contributed by atoms with Crippen molar-refractivity contribution < 1.29 is 14.3 Å². The molecule has 0 fully saturated rings. The summed E-state index contributed by atoms with van der Waals surface area (Å²) in [6, 6.07) is 0. The summed E-state index contributed by atoms with van der Waals surface area (Å²) in [7, 11) is 0. The van der Waals surface area contributed by atoms with Crippen LogP contribution in [0.2, 0.25) is 0 Å². The van der Waals surface area contributed by atoms with Gasteiger partial charge in [-0.15, -0.1) is 0 Å². The van der Waals surface area contributed by atoms with Gasteiger partial charge in [-0.1, -0.05) is 6.58 Å².